The molecule has 0 bridgehead atoms. The zero-order valence-electron chi connectivity index (χ0n) is 9.32. The molecule has 1 fully saturated rings. The van der Waals surface area contributed by atoms with Crippen molar-refractivity contribution < 1.29 is 8.78 Å². The maximum absolute atomic E-state index is 12.9. The molecule has 0 amide bonds. The van der Waals surface area contributed by atoms with Crippen molar-refractivity contribution in [3.63, 3.8) is 0 Å². The molecule has 1 aromatic heterocycles. The van der Waals surface area contributed by atoms with Crippen LogP contribution in [0.5, 0.6) is 0 Å². The lowest BCUT2D eigenvalue weighted by molar-refractivity contribution is 0.111. The van der Waals surface area contributed by atoms with Crippen LogP contribution in [0.3, 0.4) is 0 Å². The van der Waals surface area contributed by atoms with Gasteiger partial charge in [-0.1, -0.05) is 0 Å². The van der Waals surface area contributed by atoms with E-state index in [0.29, 0.717) is 11.4 Å². The molecule has 1 saturated carbocycles. The van der Waals surface area contributed by atoms with E-state index in [1.807, 2.05) is 0 Å². The first-order chi connectivity index (χ1) is 8.41. The molecule has 0 radical (unpaired) electrons. The average molecular weight is 254 g/mol. The molecule has 3 rings (SSSR count). The van der Waals surface area contributed by atoms with Crippen LogP contribution in [0.25, 0.3) is 0 Å². The summed E-state index contributed by atoms with van der Waals surface area (Å²) in [7, 11) is 0. The van der Waals surface area contributed by atoms with E-state index in [2.05, 4.69) is 20.5 Å². The van der Waals surface area contributed by atoms with E-state index in [9.17, 15) is 8.78 Å². The minimum absolute atomic E-state index is 0.154. The van der Waals surface area contributed by atoms with E-state index in [-0.39, 0.29) is 12.4 Å². The third kappa shape index (κ3) is 1.65. The fourth-order valence-electron chi connectivity index (χ4n) is 1.94. The Balaban J connectivity index is 1.90. The van der Waals surface area contributed by atoms with E-state index < -0.39 is 17.5 Å². The molecule has 2 aliphatic rings. The van der Waals surface area contributed by atoms with Gasteiger partial charge in [0.25, 0.3) is 5.92 Å². The molecule has 0 saturated heterocycles. The Morgan fingerprint density at radius 2 is 2.17 bits per heavy atom. The van der Waals surface area contributed by atoms with Gasteiger partial charge in [0.05, 0.1) is 5.92 Å². The van der Waals surface area contributed by atoms with Gasteiger partial charge < -0.3 is 11.1 Å². The summed E-state index contributed by atoms with van der Waals surface area (Å²) in [4.78, 5) is 4.02. The molecule has 0 spiro atoms. The number of nitrogens with one attached hydrogen (secondary N) is 2. The van der Waals surface area contributed by atoms with E-state index in [1.54, 1.807) is 12.3 Å². The highest BCUT2D eigenvalue weighted by molar-refractivity contribution is 5.80. The number of alkyl halides is 2. The van der Waals surface area contributed by atoms with Crippen LogP contribution in [-0.4, -0.2) is 22.1 Å². The van der Waals surface area contributed by atoms with Gasteiger partial charge in [-0.05, 0) is 12.1 Å². The third-order valence-corrected chi connectivity index (χ3v) is 3.08. The predicted octanol–water partition coefficient (Wildman–Crippen LogP) is 0.0754. The van der Waals surface area contributed by atoms with Gasteiger partial charge in [0.2, 0.25) is 0 Å². The third-order valence-electron chi connectivity index (χ3n) is 3.08. The van der Waals surface area contributed by atoms with Gasteiger partial charge in [0, 0.05) is 18.3 Å². The van der Waals surface area contributed by atoms with Crippen LogP contribution in [0.2, 0.25) is 0 Å². The number of nitrogens with zero attached hydrogens (tertiary/aromatic N) is 2. The van der Waals surface area contributed by atoms with Crippen LogP contribution < -0.4 is 16.8 Å². The quantitative estimate of drug-likeness (QED) is 0.599. The fourth-order valence-corrected chi connectivity index (χ4v) is 1.94. The van der Waals surface area contributed by atoms with Gasteiger partial charge in [-0.3, -0.25) is 10.8 Å². The van der Waals surface area contributed by atoms with E-state index in [1.165, 1.54) is 6.07 Å². The standard InChI is InChI=1S/C10H12F2N6/c11-9(12)4-5(9)6-3-7(18-17-6)10(14)1-2-15-8(13)16-10/h1-3,5H,4,14H2,(H,17,18)(H3,13,15,16). The van der Waals surface area contributed by atoms with Crippen LogP contribution in [0, 0.1) is 0 Å². The summed E-state index contributed by atoms with van der Waals surface area (Å²) in [6.45, 7) is 0. The van der Waals surface area contributed by atoms with Crippen LogP contribution in [0.1, 0.15) is 23.7 Å². The highest BCUT2D eigenvalue weighted by Gasteiger charge is 2.58. The predicted molar refractivity (Wildman–Crippen MR) is 60.7 cm³/mol. The maximum atomic E-state index is 12.9. The Morgan fingerprint density at radius 3 is 2.78 bits per heavy atom. The normalized spacial score (nSPS) is 32.8. The first-order valence-corrected chi connectivity index (χ1v) is 5.43. The van der Waals surface area contributed by atoms with Crippen molar-refractivity contribution in [3.8, 4) is 0 Å². The highest BCUT2D eigenvalue weighted by atomic mass is 19.3. The van der Waals surface area contributed by atoms with Crippen molar-refractivity contribution in [3.05, 3.63) is 29.7 Å². The number of rotatable bonds is 2. The summed E-state index contributed by atoms with van der Waals surface area (Å²) in [6.07, 6.45) is 2.95. The number of halogens is 2. The number of hydrogen-bond acceptors (Lipinski definition) is 5. The topological polar surface area (TPSA) is 105 Å². The zero-order chi connectivity index (χ0) is 13.0. The first-order valence-electron chi connectivity index (χ1n) is 5.43. The average Bonchev–Trinajstić information content (AvgIpc) is 2.75. The van der Waals surface area contributed by atoms with Crippen LogP contribution >= 0.6 is 0 Å². The Bertz CT molecular complexity index is 548. The van der Waals surface area contributed by atoms with Crippen LogP contribution in [0.4, 0.5) is 8.78 Å². The molecule has 8 heteroatoms. The SMILES string of the molecule is NC1=NC(N)(c2cc(C3CC3(F)F)[nH]n2)C=CN1. The molecule has 2 atom stereocenters. The van der Waals surface area contributed by atoms with Crippen molar-refractivity contribution in [2.75, 3.05) is 0 Å². The summed E-state index contributed by atoms with van der Waals surface area (Å²) in [5, 5.41) is 9.21. The molecule has 6 nitrogen and oxygen atoms in total. The number of H-pyrrole nitrogens is 1. The number of aliphatic imine (C=N–C) groups is 1. The second-order valence-electron chi connectivity index (χ2n) is 4.53. The number of aromatic nitrogens is 2. The first kappa shape index (κ1) is 11.1. The van der Waals surface area contributed by atoms with Crippen LogP contribution in [0.15, 0.2) is 23.3 Å². The van der Waals surface area contributed by atoms with E-state index in [4.69, 9.17) is 11.5 Å². The summed E-state index contributed by atoms with van der Waals surface area (Å²) in [5.41, 5.74) is 11.1. The molecule has 6 N–H and O–H groups in total. The van der Waals surface area contributed by atoms with Crippen molar-refractivity contribution in [1.29, 1.82) is 0 Å². The van der Waals surface area contributed by atoms with Gasteiger partial charge in [0.1, 0.15) is 5.69 Å². The molecule has 96 valence electrons. The highest BCUT2D eigenvalue weighted by Crippen LogP contribution is 2.55. The monoisotopic (exact) mass is 254 g/mol. The molecule has 1 aliphatic carbocycles. The Morgan fingerprint density at radius 1 is 1.44 bits per heavy atom. The van der Waals surface area contributed by atoms with Crippen LogP contribution in [-0.2, 0) is 5.66 Å². The molecule has 1 aliphatic heterocycles. The van der Waals surface area contributed by atoms with E-state index in [0.717, 1.165) is 0 Å². The Hall–Kier alpha value is -1.96. The minimum Gasteiger partial charge on any atom is -0.370 e. The lowest BCUT2D eigenvalue weighted by Crippen LogP contribution is -2.42. The van der Waals surface area contributed by atoms with Gasteiger partial charge >= 0.3 is 0 Å². The molecule has 2 unspecified atom stereocenters. The minimum atomic E-state index is -2.64. The number of aromatic amines is 1. The largest absolute Gasteiger partial charge is 0.370 e. The van der Waals surface area contributed by atoms with Crippen molar-refractivity contribution in [2.24, 2.45) is 16.5 Å². The number of guanidine groups is 1. The lowest BCUT2D eigenvalue weighted by atomic mass is 10.1. The summed E-state index contributed by atoms with van der Waals surface area (Å²) in [5.74, 6) is -3.28. The Kier molecular flexibility index (Phi) is 2.03. The summed E-state index contributed by atoms with van der Waals surface area (Å²) < 4.78 is 25.9. The van der Waals surface area contributed by atoms with Crippen molar-refractivity contribution >= 4 is 5.96 Å². The smallest absolute Gasteiger partial charge is 0.257 e. The number of nitrogens with two attached hydrogens (primary N) is 2. The van der Waals surface area contributed by atoms with Gasteiger partial charge in [-0.15, -0.1) is 0 Å². The molecule has 18 heavy (non-hydrogen) atoms. The van der Waals surface area contributed by atoms with Crippen molar-refractivity contribution in [1.82, 2.24) is 15.5 Å². The molecule has 2 heterocycles. The van der Waals surface area contributed by atoms with E-state index >= 15 is 0 Å². The lowest BCUT2D eigenvalue weighted by Gasteiger charge is -2.22. The van der Waals surface area contributed by atoms with Gasteiger partial charge in [0.15, 0.2) is 11.6 Å². The molecular formula is C10H12F2N6. The van der Waals surface area contributed by atoms with Gasteiger partial charge in [-0.2, -0.15) is 5.10 Å². The molecular weight excluding hydrogens is 242 g/mol. The zero-order valence-corrected chi connectivity index (χ0v) is 9.32. The molecule has 1 aromatic rings. The van der Waals surface area contributed by atoms with Crippen molar-refractivity contribution in [2.45, 2.75) is 23.9 Å². The summed E-state index contributed by atoms with van der Waals surface area (Å²) in [6, 6.07) is 1.51. The fraction of sp³-hybridized carbons (Fsp3) is 0.400. The second-order valence-corrected chi connectivity index (χ2v) is 4.53. The van der Waals surface area contributed by atoms with Gasteiger partial charge in [-0.25, -0.2) is 13.8 Å². The number of hydrogen-bond donors (Lipinski definition) is 4. The Labute approximate surface area is 101 Å². The second kappa shape index (κ2) is 3.29. The maximum Gasteiger partial charge on any atom is 0.257 e. The molecule has 0 aromatic carbocycles. The summed E-state index contributed by atoms with van der Waals surface area (Å²) >= 11 is 0.